The second-order valence-electron chi connectivity index (χ2n) is 6.63. The summed E-state index contributed by atoms with van der Waals surface area (Å²) in [7, 11) is 0. The van der Waals surface area contributed by atoms with Gasteiger partial charge in [0.2, 0.25) is 5.91 Å². The highest BCUT2D eigenvalue weighted by Gasteiger charge is 2.39. The second-order valence-corrected chi connectivity index (χ2v) is 6.63. The first kappa shape index (κ1) is 13.0. The Labute approximate surface area is 116 Å². The number of rotatable bonds is 1. The molecular formula is C16H24N2O. The van der Waals surface area contributed by atoms with Crippen molar-refractivity contribution < 1.29 is 4.79 Å². The van der Waals surface area contributed by atoms with Gasteiger partial charge in [0, 0.05) is 12.5 Å². The Morgan fingerprint density at radius 3 is 2.58 bits per heavy atom. The first-order valence-electron chi connectivity index (χ1n) is 7.99. The van der Waals surface area contributed by atoms with Crippen LogP contribution in [0.4, 0.5) is 0 Å². The molecule has 3 aliphatic rings. The summed E-state index contributed by atoms with van der Waals surface area (Å²) in [5, 5.41) is 9.13. The molecule has 1 amide bonds. The van der Waals surface area contributed by atoms with Crippen molar-refractivity contribution >= 4 is 5.91 Å². The third-order valence-corrected chi connectivity index (χ3v) is 5.57. The van der Waals surface area contributed by atoms with E-state index >= 15 is 0 Å². The zero-order valence-corrected chi connectivity index (χ0v) is 11.7. The van der Waals surface area contributed by atoms with Crippen LogP contribution < -0.4 is 0 Å². The quantitative estimate of drug-likeness (QED) is 0.727. The summed E-state index contributed by atoms with van der Waals surface area (Å²) in [5.41, 5.74) is 0. The van der Waals surface area contributed by atoms with E-state index in [0.717, 1.165) is 44.1 Å². The summed E-state index contributed by atoms with van der Waals surface area (Å²) in [5.74, 6) is 2.18. The minimum absolute atomic E-state index is 0.142. The first-order chi connectivity index (χ1) is 9.29. The van der Waals surface area contributed by atoms with Gasteiger partial charge in [0.25, 0.3) is 0 Å². The average Bonchev–Trinajstić information content (AvgIpc) is 2.94. The fourth-order valence-electron chi connectivity index (χ4n) is 4.50. The van der Waals surface area contributed by atoms with E-state index in [9.17, 15) is 4.79 Å². The molecule has 4 atom stereocenters. The van der Waals surface area contributed by atoms with E-state index in [0.29, 0.717) is 0 Å². The minimum Gasteiger partial charge on any atom is -0.326 e. The number of hydrogen-bond donors (Lipinski definition) is 0. The number of nitriles is 1. The standard InChI is InChI=1S/C16H24N2O/c17-11-15-6-3-9-18(15)16(19)14-8-7-12-4-1-2-5-13(12)10-14/h12-15H,1-10H2. The summed E-state index contributed by atoms with van der Waals surface area (Å²) in [6.45, 7) is 0.807. The molecule has 0 aromatic heterocycles. The largest absolute Gasteiger partial charge is 0.326 e. The molecule has 0 bridgehead atoms. The molecule has 1 heterocycles. The smallest absolute Gasteiger partial charge is 0.226 e. The normalized spacial score (nSPS) is 38.6. The number of likely N-dealkylation sites (tertiary alicyclic amines) is 1. The molecule has 104 valence electrons. The van der Waals surface area contributed by atoms with Gasteiger partial charge >= 0.3 is 0 Å². The number of fused-ring (bicyclic) bond motifs is 1. The third-order valence-electron chi connectivity index (χ3n) is 5.57. The predicted octanol–water partition coefficient (Wildman–Crippen LogP) is 3.11. The van der Waals surface area contributed by atoms with E-state index in [2.05, 4.69) is 6.07 Å². The SMILES string of the molecule is N#CC1CCCN1C(=O)C1CCC2CCCCC2C1. The van der Waals surface area contributed by atoms with E-state index in [1.165, 1.54) is 32.1 Å². The van der Waals surface area contributed by atoms with Crippen molar-refractivity contribution in [2.75, 3.05) is 6.54 Å². The fourth-order valence-corrected chi connectivity index (χ4v) is 4.50. The van der Waals surface area contributed by atoms with Gasteiger partial charge in [-0.15, -0.1) is 0 Å². The Morgan fingerprint density at radius 1 is 1.00 bits per heavy atom. The summed E-state index contributed by atoms with van der Waals surface area (Å²) >= 11 is 0. The van der Waals surface area contributed by atoms with E-state index in [4.69, 9.17) is 5.26 Å². The van der Waals surface area contributed by atoms with Crippen molar-refractivity contribution in [3.05, 3.63) is 0 Å². The molecule has 0 aromatic rings. The molecule has 0 radical (unpaired) electrons. The highest BCUT2D eigenvalue weighted by molar-refractivity contribution is 5.80. The van der Waals surface area contributed by atoms with Gasteiger partial charge in [0.15, 0.2) is 0 Å². The number of carbonyl (C=O) groups excluding carboxylic acids is 1. The van der Waals surface area contributed by atoms with Crippen LogP contribution in [0, 0.1) is 29.1 Å². The Morgan fingerprint density at radius 2 is 1.79 bits per heavy atom. The highest BCUT2D eigenvalue weighted by atomic mass is 16.2. The lowest BCUT2D eigenvalue weighted by atomic mass is 9.67. The van der Waals surface area contributed by atoms with Crippen LogP contribution in [0.2, 0.25) is 0 Å². The van der Waals surface area contributed by atoms with Crippen LogP contribution in [0.25, 0.3) is 0 Å². The third kappa shape index (κ3) is 2.50. The molecule has 3 rings (SSSR count). The number of amides is 1. The van der Waals surface area contributed by atoms with Crippen LogP contribution in [0.3, 0.4) is 0 Å². The summed E-state index contributed by atoms with van der Waals surface area (Å²) in [6.07, 6.45) is 10.7. The molecule has 4 unspecified atom stereocenters. The molecule has 2 aliphatic carbocycles. The van der Waals surface area contributed by atoms with E-state index in [1.54, 1.807) is 0 Å². The lowest BCUT2D eigenvalue weighted by molar-refractivity contribution is -0.137. The van der Waals surface area contributed by atoms with Gasteiger partial charge in [0.1, 0.15) is 6.04 Å². The van der Waals surface area contributed by atoms with Crippen LogP contribution in [0.15, 0.2) is 0 Å². The maximum atomic E-state index is 12.6. The van der Waals surface area contributed by atoms with E-state index < -0.39 is 0 Å². The Bertz CT molecular complexity index is 387. The van der Waals surface area contributed by atoms with Gasteiger partial charge < -0.3 is 4.90 Å². The van der Waals surface area contributed by atoms with Crippen LogP contribution in [-0.4, -0.2) is 23.4 Å². The molecular weight excluding hydrogens is 236 g/mol. The Hall–Kier alpha value is -1.04. The monoisotopic (exact) mass is 260 g/mol. The fraction of sp³-hybridized carbons (Fsp3) is 0.875. The molecule has 3 nitrogen and oxygen atoms in total. The summed E-state index contributed by atoms with van der Waals surface area (Å²) in [4.78, 5) is 14.5. The molecule has 19 heavy (non-hydrogen) atoms. The molecule has 3 fully saturated rings. The molecule has 0 N–H and O–H groups in total. The minimum atomic E-state index is -0.142. The van der Waals surface area contributed by atoms with Gasteiger partial charge in [-0.05, 0) is 43.9 Å². The van der Waals surface area contributed by atoms with Crippen LogP contribution in [0.5, 0.6) is 0 Å². The lowest BCUT2D eigenvalue weighted by Crippen LogP contribution is -2.42. The van der Waals surface area contributed by atoms with Gasteiger partial charge in [-0.1, -0.05) is 25.7 Å². The van der Waals surface area contributed by atoms with Crippen LogP contribution in [-0.2, 0) is 4.79 Å². The maximum Gasteiger partial charge on any atom is 0.226 e. The second kappa shape index (κ2) is 5.53. The summed E-state index contributed by atoms with van der Waals surface area (Å²) in [6, 6.07) is 2.15. The average molecular weight is 260 g/mol. The van der Waals surface area contributed by atoms with Gasteiger partial charge in [0.05, 0.1) is 6.07 Å². The van der Waals surface area contributed by atoms with Gasteiger partial charge in [-0.2, -0.15) is 5.26 Å². The van der Waals surface area contributed by atoms with Crippen molar-refractivity contribution in [1.82, 2.24) is 4.90 Å². The maximum absolute atomic E-state index is 12.6. The zero-order valence-electron chi connectivity index (χ0n) is 11.7. The Balaban J connectivity index is 1.63. The molecule has 2 saturated carbocycles. The first-order valence-corrected chi connectivity index (χ1v) is 7.99. The Kier molecular flexibility index (Phi) is 3.77. The lowest BCUT2D eigenvalue weighted by Gasteiger charge is -2.40. The predicted molar refractivity (Wildman–Crippen MR) is 73.1 cm³/mol. The molecule has 0 aromatic carbocycles. The number of nitrogens with zero attached hydrogens (tertiary/aromatic N) is 2. The van der Waals surface area contributed by atoms with Gasteiger partial charge in [-0.3, -0.25) is 4.79 Å². The van der Waals surface area contributed by atoms with Crippen molar-refractivity contribution in [3.63, 3.8) is 0 Å². The van der Waals surface area contributed by atoms with Crippen molar-refractivity contribution in [1.29, 1.82) is 5.26 Å². The van der Waals surface area contributed by atoms with E-state index in [1.807, 2.05) is 4.90 Å². The topological polar surface area (TPSA) is 44.1 Å². The van der Waals surface area contributed by atoms with E-state index in [-0.39, 0.29) is 17.9 Å². The zero-order chi connectivity index (χ0) is 13.2. The summed E-state index contributed by atoms with van der Waals surface area (Å²) < 4.78 is 0. The van der Waals surface area contributed by atoms with Crippen molar-refractivity contribution in [2.24, 2.45) is 17.8 Å². The van der Waals surface area contributed by atoms with Gasteiger partial charge in [-0.25, -0.2) is 0 Å². The van der Waals surface area contributed by atoms with Crippen molar-refractivity contribution in [3.8, 4) is 6.07 Å². The van der Waals surface area contributed by atoms with Crippen LogP contribution >= 0.6 is 0 Å². The van der Waals surface area contributed by atoms with Crippen molar-refractivity contribution in [2.45, 2.75) is 63.8 Å². The number of carbonyl (C=O) groups is 1. The highest BCUT2D eigenvalue weighted by Crippen LogP contribution is 2.43. The number of hydrogen-bond acceptors (Lipinski definition) is 2. The molecule has 0 spiro atoms. The molecule has 1 saturated heterocycles. The van der Waals surface area contributed by atoms with Crippen LogP contribution in [0.1, 0.15) is 57.8 Å². The molecule has 3 heteroatoms. The molecule has 1 aliphatic heterocycles.